The van der Waals surface area contributed by atoms with Gasteiger partial charge in [-0.05, 0) is 31.0 Å². The summed E-state index contributed by atoms with van der Waals surface area (Å²) in [5, 5.41) is 13.8. The average molecular weight is 714 g/mol. The third-order valence-corrected chi connectivity index (χ3v) is 10.2. The molecular formula is C37H38Cl2N8O3. The Bertz CT molecular complexity index is 2080. The van der Waals surface area contributed by atoms with E-state index < -0.39 is 0 Å². The van der Waals surface area contributed by atoms with Crippen molar-refractivity contribution in [3.63, 3.8) is 0 Å². The van der Waals surface area contributed by atoms with Gasteiger partial charge in [-0.25, -0.2) is 15.0 Å². The van der Waals surface area contributed by atoms with Gasteiger partial charge in [0.25, 0.3) is 0 Å². The number of imidazole rings is 1. The molecule has 50 heavy (non-hydrogen) atoms. The maximum absolute atomic E-state index is 11.5. The fraction of sp³-hybridized carbons (Fsp3) is 0.324. The third kappa shape index (κ3) is 7.04. The molecule has 0 saturated carbocycles. The normalized spacial score (nSPS) is 17.4. The summed E-state index contributed by atoms with van der Waals surface area (Å²) < 4.78 is 7.68. The van der Waals surface area contributed by atoms with E-state index in [2.05, 4.69) is 21.3 Å². The van der Waals surface area contributed by atoms with Gasteiger partial charge in [0.15, 0.2) is 5.65 Å². The van der Waals surface area contributed by atoms with Crippen LogP contribution < -0.4 is 26.0 Å². The first-order chi connectivity index (χ1) is 24.3. The van der Waals surface area contributed by atoms with E-state index in [1.807, 2.05) is 72.3 Å². The van der Waals surface area contributed by atoms with E-state index in [-0.39, 0.29) is 23.9 Å². The number of hydrogen-bond donors (Lipinski definition) is 4. The Balaban J connectivity index is 1.10. The van der Waals surface area contributed by atoms with Gasteiger partial charge in [-0.15, -0.1) is 0 Å². The quantitative estimate of drug-likeness (QED) is 0.135. The molecule has 13 heteroatoms. The number of rotatable bonds is 12. The van der Waals surface area contributed by atoms with Crippen molar-refractivity contribution in [2.45, 2.75) is 50.9 Å². The van der Waals surface area contributed by atoms with Gasteiger partial charge in [0.05, 0.1) is 40.6 Å². The second-order valence-electron chi connectivity index (χ2n) is 12.7. The number of amides is 2. The zero-order chi connectivity index (χ0) is 34.8. The number of nitrogens with zero attached hydrogens (tertiary/aromatic N) is 4. The number of benzene rings is 2. The zero-order valence-corrected chi connectivity index (χ0v) is 29.4. The minimum atomic E-state index is 0.0994. The van der Waals surface area contributed by atoms with Crippen LogP contribution in [0, 0.1) is 0 Å². The molecule has 2 fully saturated rings. The van der Waals surface area contributed by atoms with Crippen LogP contribution >= 0.6 is 23.2 Å². The second kappa shape index (κ2) is 14.7. The lowest BCUT2D eigenvalue weighted by Gasteiger charge is -2.15. The molecule has 7 rings (SSSR count). The Kier molecular flexibility index (Phi) is 10.0. The van der Waals surface area contributed by atoms with Gasteiger partial charge < -0.3 is 30.6 Å². The van der Waals surface area contributed by atoms with Crippen LogP contribution in [0.1, 0.15) is 37.1 Å². The molecule has 2 aliphatic heterocycles. The Morgan fingerprint density at radius 1 is 0.760 bits per heavy atom. The van der Waals surface area contributed by atoms with Gasteiger partial charge in [0, 0.05) is 79.4 Å². The van der Waals surface area contributed by atoms with Crippen LogP contribution in [0.25, 0.3) is 44.8 Å². The minimum Gasteiger partial charge on any atom is -0.481 e. The Hall–Kier alpha value is -4.55. The summed E-state index contributed by atoms with van der Waals surface area (Å²) in [5.41, 5.74) is 6.88. The van der Waals surface area contributed by atoms with Crippen LogP contribution in [0.4, 0.5) is 0 Å². The van der Waals surface area contributed by atoms with Crippen molar-refractivity contribution in [2.24, 2.45) is 7.05 Å². The Morgan fingerprint density at radius 3 is 1.90 bits per heavy atom. The number of ether oxygens (including phenoxy) is 1. The van der Waals surface area contributed by atoms with E-state index in [4.69, 9.17) is 42.9 Å². The molecule has 0 bridgehead atoms. The molecule has 2 atom stereocenters. The number of methoxy groups -OCH3 is 1. The third-order valence-electron chi connectivity index (χ3n) is 9.36. The molecular weight excluding hydrogens is 675 g/mol. The predicted octanol–water partition coefficient (Wildman–Crippen LogP) is 5.42. The maximum Gasteiger partial charge on any atom is 0.220 e. The van der Waals surface area contributed by atoms with Crippen LogP contribution in [0.5, 0.6) is 5.88 Å². The monoisotopic (exact) mass is 712 g/mol. The second-order valence-corrected chi connectivity index (χ2v) is 13.4. The Labute approximate surface area is 300 Å². The van der Waals surface area contributed by atoms with Crippen LogP contribution in [0.15, 0.2) is 60.7 Å². The van der Waals surface area contributed by atoms with Crippen LogP contribution in [0.2, 0.25) is 10.0 Å². The molecule has 0 radical (unpaired) electrons. The number of fused-ring (bicyclic) bond motifs is 1. The SMILES string of the molecule is COc1nc(-c2cccc(-c3cccc(-c4ccc5c(n4)nc(CNC[C@H]4CCC(=O)N4)n5C)c3Cl)c2Cl)ccc1CNC[C@@H]1CCC(=O)N1. The van der Waals surface area contributed by atoms with Crippen molar-refractivity contribution < 1.29 is 14.3 Å². The number of pyridine rings is 2. The summed E-state index contributed by atoms with van der Waals surface area (Å²) in [6, 6.07) is 19.8. The molecule has 5 heterocycles. The largest absolute Gasteiger partial charge is 0.481 e. The zero-order valence-electron chi connectivity index (χ0n) is 27.9. The van der Waals surface area contributed by atoms with Gasteiger partial charge in [0.2, 0.25) is 17.7 Å². The van der Waals surface area contributed by atoms with Crippen molar-refractivity contribution >= 4 is 46.2 Å². The summed E-state index contributed by atoms with van der Waals surface area (Å²) in [6.45, 7) is 2.48. The van der Waals surface area contributed by atoms with E-state index in [1.54, 1.807) is 7.11 Å². The summed E-state index contributed by atoms with van der Waals surface area (Å²) in [4.78, 5) is 37.5. The molecule has 258 valence electrons. The lowest BCUT2D eigenvalue weighted by molar-refractivity contribution is -0.120. The number of carbonyl (C=O) groups excluding carboxylic acids is 2. The highest BCUT2D eigenvalue weighted by Crippen LogP contribution is 2.42. The van der Waals surface area contributed by atoms with Crippen molar-refractivity contribution in [1.82, 2.24) is 40.8 Å². The molecule has 0 spiro atoms. The van der Waals surface area contributed by atoms with Gasteiger partial charge in [0.1, 0.15) is 5.82 Å². The van der Waals surface area contributed by atoms with E-state index in [0.717, 1.165) is 52.0 Å². The molecule has 2 saturated heterocycles. The summed E-state index contributed by atoms with van der Waals surface area (Å²) in [5.74, 6) is 1.56. The molecule has 2 amide bonds. The lowest BCUT2D eigenvalue weighted by Crippen LogP contribution is -2.35. The molecule has 0 unspecified atom stereocenters. The minimum absolute atomic E-state index is 0.0994. The van der Waals surface area contributed by atoms with Gasteiger partial charge in [-0.3, -0.25) is 9.59 Å². The highest BCUT2D eigenvalue weighted by molar-refractivity contribution is 6.39. The first-order valence-electron chi connectivity index (χ1n) is 16.7. The van der Waals surface area contributed by atoms with Gasteiger partial charge in [-0.1, -0.05) is 65.7 Å². The van der Waals surface area contributed by atoms with E-state index >= 15 is 0 Å². The van der Waals surface area contributed by atoms with Crippen molar-refractivity contribution in [1.29, 1.82) is 0 Å². The summed E-state index contributed by atoms with van der Waals surface area (Å²) >= 11 is 14.2. The average Bonchev–Trinajstić information content (AvgIpc) is 3.82. The van der Waals surface area contributed by atoms with Crippen molar-refractivity contribution in [3.05, 3.63) is 82.1 Å². The van der Waals surface area contributed by atoms with Crippen molar-refractivity contribution in [3.8, 4) is 39.5 Å². The number of nitrogens with one attached hydrogen (secondary N) is 4. The van der Waals surface area contributed by atoms with Crippen LogP contribution in [-0.4, -0.2) is 63.6 Å². The molecule has 5 aromatic rings. The summed E-state index contributed by atoms with van der Waals surface area (Å²) in [7, 11) is 3.57. The van der Waals surface area contributed by atoms with E-state index in [9.17, 15) is 9.59 Å². The van der Waals surface area contributed by atoms with E-state index in [0.29, 0.717) is 72.0 Å². The van der Waals surface area contributed by atoms with E-state index in [1.165, 1.54) is 0 Å². The predicted molar refractivity (Wildman–Crippen MR) is 195 cm³/mol. The molecule has 3 aromatic heterocycles. The number of aryl methyl sites for hydroxylation is 1. The first-order valence-corrected chi connectivity index (χ1v) is 17.5. The standard InChI is InChI=1S/C37H38Cl2N8O3/c1-47-30-14-13-28(44-36(30)46-31(47)20-41-19-23-11-16-33(49)43-23)26-7-3-5-24(34(26)38)25-6-4-8-27(35(25)39)29-12-9-21(37(45-29)50-2)17-40-18-22-10-15-32(48)42-22/h3-9,12-14,22-23,40-41H,10-11,15-20H2,1-2H3,(H,42,48)(H,43,49)/t22-,23+/m0/s1. The molecule has 4 N–H and O–H groups in total. The fourth-order valence-electron chi connectivity index (χ4n) is 6.64. The van der Waals surface area contributed by atoms with Crippen LogP contribution in [-0.2, 0) is 29.7 Å². The summed E-state index contributed by atoms with van der Waals surface area (Å²) in [6.07, 6.45) is 2.83. The van der Waals surface area contributed by atoms with Gasteiger partial charge in [-0.2, -0.15) is 0 Å². The Morgan fingerprint density at radius 2 is 1.32 bits per heavy atom. The molecule has 0 aliphatic carbocycles. The topological polar surface area (TPSA) is 135 Å². The highest BCUT2D eigenvalue weighted by atomic mass is 35.5. The number of carbonyl (C=O) groups is 2. The first kappa shape index (κ1) is 33.9. The smallest absolute Gasteiger partial charge is 0.220 e. The van der Waals surface area contributed by atoms with Crippen molar-refractivity contribution in [2.75, 3.05) is 20.2 Å². The van der Waals surface area contributed by atoms with Gasteiger partial charge >= 0.3 is 0 Å². The molecule has 11 nitrogen and oxygen atoms in total. The number of halogens is 2. The maximum atomic E-state index is 11.5. The number of hydrogen-bond acceptors (Lipinski definition) is 8. The highest BCUT2D eigenvalue weighted by Gasteiger charge is 2.22. The lowest BCUT2D eigenvalue weighted by atomic mass is 9.98. The molecule has 2 aromatic carbocycles. The van der Waals surface area contributed by atoms with Crippen LogP contribution in [0.3, 0.4) is 0 Å². The molecule has 2 aliphatic rings. The number of aromatic nitrogens is 4. The fourth-order valence-corrected chi connectivity index (χ4v) is 7.29.